The van der Waals surface area contributed by atoms with Gasteiger partial charge in [-0.1, -0.05) is 44.9 Å². The maximum Gasteiger partial charge on any atom is 0.0592 e. The smallest absolute Gasteiger partial charge is 0.0592 e. The molecule has 0 aromatic carbocycles. The molecule has 0 amide bonds. The minimum absolute atomic E-state index is 0.254. The van der Waals surface area contributed by atoms with Crippen LogP contribution in [0, 0.1) is 0 Å². The van der Waals surface area contributed by atoms with Crippen molar-refractivity contribution in [3.05, 3.63) is 0 Å². The Morgan fingerprint density at radius 1 is 0.789 bits per heavy atom. The third-order valence-electron chi connectivity index (χ3n) is 3.53. The first-order valence-corrected chi connectivity index (χ1v) is 7.97. The predicted octanol–water partition coefficient (Wildman–Crippen LogP) is 3.40. The van der Waals surface area contributed by atoms with E-state index < -0.39 is 5.60 Å². The van der Waals surface area contributed by atoms with Crippen molar-refractivity contribution in [1.82, 2.24) is 0 Å². The topological polar surface area (TPSA) is 60.7 Å². The van der Waals surface area contributed by atoms with Crippen molar-refractivity contribution >= 4 is 0 Å². The van der Waals surface area contributed by atoms with E-state index in [0.29, 0.717) is 19.4 Å². The normalized spacial score (nSPS) is 13.7. The van der Waals surface area contributed by atoms with Crippen LogP contribution in [0.3, 0.4) is 0 Å². The summed E-state index contributed by atoms with van der Waals surface area (Å²) in [6.45, 7) is 3.90. The summed E-state index contributed by atoms with van der Waals surface area (Å²) in [6.07, 6.45) is 11.3. The van der Waals surface area contributed by atoms with E-state index in [1.807, 2.05) is 0 Å². The van der Waals surface area contributed by atoms with E-state index in [-0.39, 0.29) is 6.10 Å². The van der Waals surface area contributed by atoms with E-state index >= 15 is 0 Å². The Kier molecular flexibility index (Phi) is 11.6. The van der Waals surface area contributed by atoms with Crippen LogP contribution >= 0.6 is 0 Å². The van der Waals surface area contributed by atoms with Gasteiger partial charge in [0.15, 0.2) is 0 Å². The molecule has 19 heavy (non-hydrogen) atoms. The van der Waals surface area contributed by atoms with Crippen LogP contribution in [0.1, 0.15) is 84.5 Å². The molecule has 3 nitrogen and oxygen atoms in total. The van der Waals surface area contributed by atoms with Gasteiger partial charge in [0.05, 0.1) is 11.7 Å². The van der Waals surface area contributed by atoms with Gasteiger partial charge < -0.3 is 15.3 Å². The summed E-state index contributed by atoms with van der Waals surface area (Å²) >= 11 is 0. The van der Waals surface area contributed by atoms with Crippen molar-refractivity contribution in [2.45, 2.75) is 96.2 Å². The first-order chi connectivity index (χ1) is 8.95. The Hall–Kier alpha value is -0.120. The molecule has 3 heteroatoms. The summed E-state index contributed by atoms with van der Waals surface area (Å²) in [4.78, 5) is 0. The number of rotatable bonds is 13. The summed E-state index contributed by atoms with van der Waals surface area (Å²) in [5, 5.41) is 28.0. The lowest BCUT2D eigenvalue weighted by molar-refractivity contribution is 0.0465. The third-order valence-corrected chi connectivity index (χ3v) is 3.53. The molecule has 0 aromatic heterocycles. The van der Waals surface area contributed by atoms with Gasteiger partial charge in [0.25, 0.3) is 0 Å². The Morgan fingerprint density at radius 3 is 1.74 bits per heavy atom. The molecular formula is C16H34O3. The average Bonchev–Trinajstić information content (AvgIpc) is 2.33. The SMILES string of the molecule is CC(C)(O)CCC(O)CCCCCCCCCCO. The van der Waals surface area contributed by atoms with Crippen LogP contribution in [0.25, 0.3) is 0 Å². The van der Waals surface area contributed by atoms with Crippen LogP contribution in [0.4, 0.5) is 0 Å². The van der Waals surface area contributed by atoms with E-state index in [4.69, 9.17) is 5.11 Å². The molecule has 1 unspecified atom stereocenters. The van der Waals surface area contributed by atoms with E-state index in [9.17, 15) is 10.2 Å². The van der Waals surface area contributed by atoms with Gasteiger partial charge in [-0.25, -0.2) is 0 Å². The molecule has 0 heterocycles. The van der Waals surface area contributed by atoms with Crippen molar-refractivity contribution in [3.8, 4) is 0 Å². The highest BCUT2D eigenvalue weighted by atomic mass is 16.3. The maximum atomic E-state index is 9.78. The van der Waals surface area contributed by atoms with Crippen molar-refractivity contribution in [2.24, 2.45) is 0 Å². The number of aliphatic hydroxyl groups is 3. The largest absolute Gasteiger partial charge is 0.396 e. The molecule has 1 atom stereocenters. The van der Waals surface area contributed by atoms with Crippen LogP contribution in [-0.4, -0.2) is 33.6 Å². The minimum Gasteiger partial charge on any atom is -0.396 e. The summed E-state index contributed by atoms with van der Waals surface area (Å²) in [5.74, 6) is 0. The van der Waals surface area contributed by atoms with E-state index in [1.54, 1.807) is 13.8 Å². The Balaban J connectivity index is 3.21. The third kappa shape index (κ3) is 15.8. The molecule has 0 rings (SSSR count). The Bertz CT molecular complexity index is 187. The summed E-state index contributed by atoms with van der Waals surface area (Å²) in [6, 6.07) is 0. The number of unbranched alkanes of at least 4 members (excludes halogenated alkanes) is 7. The molecule has 116 valence electrons. The van der Waals surface area contributed by atoms with Gasteiger partial charge in [-0.3, -0.25) is 0 Å². The standard InChI is InChI=1S/C16H34O3/c1-16(2,19)13-12-15(18)11-9-7-5-3-4-6-8-10-14-17/h15,17-19H,3-14H2,1-2H3. The monoisotopic (exact) mass is 274 g/mol. The molecular weight excluding hydrogens is 240 g/mol. The lowest BCUT2D eigenvalue weighted by Crippen LogP contribution is -2.21. The zero-order valence-corrected chi connectivity index (χ0v) is 12.9. The molecule has 0 bridgehead atoms. The highest BCUT2D eigenvalue weighted by molar-refractivity contribution is 4.68. The van der Waals surface area contributed by atoms with Crippen molar-refractivity contribution in [3.63, 3.8) is 0 Å². The second-order valence-corrected chi connectivity index (χ2v) is 6.35. The highest BCUT2D eigenvalue weighted by Gasteiger charge is 2.14. The average molecular weight is 274 g/mol. The van der Waals surface area contributed by atoms with Crippen LogP contribution in [0.5, 0.6) is 0 Å². The summed E-state index contributed by atoms with van der Waals surface area (Å²) in [5.41, 5.74) is -0.657. The van der Waals surface area contributed by atoms with Crippen molar-refractivity contribution < 1.29 is 15.3 Å². The van der Waals surface area contributed by atoms with Crippen LogP contribution in [0.15, 0.2) is 0 Å². The molecule has 0 aromatic rings. The fourth-order valence-corrected chi connectivity index (χ4v) is 2.22. The van der Waals surface area contributed by atoms with Gasteiger partial charge in [-0.15, -0.1) is 0 Å². The van der Waals surface area contributed by atoms with Gasteiger partial charge >= 0.3 is 0 Å². The molecule has 3 N–H and O–H groups in total. The summed E-state index contributed by atoms with van der Waals surface area (Å²) < 4.78 is 0. The first kappa shape index (κ1) is 18.9. The van der Waals surface area contributed by atoms with Gasteiger partial charge in [0, 0.05) is 6.61 Å². The Morgan fingerprint density at radius 2 is 1.26 bits per heavy atom. The molecule has 0 saturated carbocycles. The zero-order valence-electron chi connectivity index (χ0n) is 12.9. The van der Waals surface area contributed by atoms with Gasteiger partial charge in [-0.05, 0) is 39.5 Å². The van der Waals surface area contributed by atoms with E-state index in [0.717, 1.165) is 25.7 Å². The molecule has 0 spiro atoms. The Labute approximate surface area is 119 Å². The number of aliphatic hydroxyl groups excluding tert-OH is 2. The fourth-order valence-electron chi connectivity index (χ4n) is 2.22. The molecule has 0 aliphatic rings. The van der Waals surface area contributed by atoms with E-state index in [1.165, 1.54) is 32.1 Å². The van der Waals surface area contributed by atoms with Crippen molar-refractivity contribution in [2.75, 3.05) is 6.61 Å². The van der Waals surface area contributed by atoms with Gasteiger partial charge in [0.1, 0.15) is 0 Å². The number of hydrogen-bond donors (Lipinski definition) is 3. The summed E-state index contributed by atoms with van der Waals surface area (Å²) in [7, 11) is 0. The first-order valence-electron chi connectivity index (χ1n) is 7.97. The highest BCUT2D eigenvalue weighted by Crippen LogP contribution is 2.16. The predicted molar refractivity (Wildman–Crippen MR) is 80.2 cm³/mol. The van der Waals surface area contributed by atoms with Crippen LogP contribution in [0.2, 0.25) is 0 Å². The lowest BCUT2D eigenvalue weighted by atomic mass is 9.97. The second kappa shape index (κ2) is 11.7. The minimum atomic E-state index is -0.657. The van der Waals surface area contributed by atoms with Gasteiger partial charge in [-0.2, -0.15) is 0 Å². The van der Waals surface area contributed by atoms with Crippen LogP contribution in [-0.2, 0) is 0 Å². The lowest BCUT2D eigenvalue weighted by Gasteiger charge is -2.19. The van der Waals surface area contributed by atoms with Crippen LogP contribution < -0.4 is 0 Å². The molecule has 0 aliphatic heterocycles. The molecule has 0 fully saturated rings. The van der Waals surface area contributed by atoms with E-state index in [2.05, 4.69) is 0 Å². The van der Waals surface area contributed by atoms with Crippen molar-refractivity contribution in [1.29, 1.82) is 0 Å². The number of hydrogen-bond acceptors (Lipinski definition) is 3. The zero-order chi connectivity index (χ0) is 14.6. The molecule has 0 radical (unpaired) electrons. The molecule has 0 aliphatic carbocycles. The quantitative estimate of drug-likeness (QED) is 0.451. The maximum absolute atomic E-state index is 9.78. The fraction of sp³-hybridized carbons (Fsp3) is 1.00. The second-order valence-electron chi connectivity index (χ2n) is 6.35. The van der Waals surface area contributed by atoms with Gasteiger partial charge in [0.2, 0.25) is 0 Å². The molecule has 0 saturated heterocycles.